The summed E-state index contributed by atoms with van der Waals surface area (Å²) in [4.78, 5) is 0. The van der Waals surface area contributed by atoms with E-state index in [4.69, 9.17) is 17.3 Å². The summed E-state index contributed by atoms with van der Waals surface area (Å²) in [5, 5.41) is 9.94. The highest BCUT2D eigenvalue weighted by molar-refractivity contribution is 6.32. The zero-order chi connectivity index (χ0) is 9.84. The molecule has 1 aromatic carbocycles. The first kappa shape index (κ1) is 10.4. The lowest BCUT2D eigenvalue weighted by molar-refractivity contribution is 0.464. The van der Waals surface area contributed by atoms with E-state index in [2.05, 4.69) is 0 Å². The second kappa shape index (κ2) is 4.49. The summed E-state index contributed by atoms with van der Waals surface area (Å²) < 4.78 is 0. The predicted molar refractivity (Wildman–Crippen MR) is 55.1 cm³/mol. The van der Waals surface area contributed by atoms with Crippen molar-refractivity contribution in [1.29, 1.82) is 0 Å². The van der Waals surface area contributed by atoms with Crippen LogP contribution in [0.5, 0.6) is 5.75 Å². The number of aromatic hydroxyl groups is 1. The van der Waals surface area contributed by atoms with Crippen LogP contribution < -0.4 is 5.73 Å². The maximum atomic E-state index is 9.55. The molecular weight excluding hydrogens is 186 g/mol. The Labute approximate surface area is 83.3 Å². The fourth-order valence-electron chi connectivity index (χ4n) is 1.15. The number of nitrogens with two attached hydrogens (primary N) is 1. The summed E-state index contributed by atoms with van der Waals surface area (Å²) >= 11 is 5.75. The van der Waals surface area contributed by atoms with Crippen molar-refractivity contribution in [1.82, 2.24) is 0 Å². The van der Waals surface area contributed by atoms with Crippen LogP contribution in [0.15, 0.2) is 18.2 Å². The first-order valence-corrected chi connectivity index (χ1v) is 4.75. The van der Waals surface area contributed by atoms with Gasteiger partial charge in [0.05, 0.1) is 5.02 Å². The van der Waals surface area contributed by atoms with Crippen molar-refractivity contribution >= 4 is 11.6 Å². The van der Waals surface area contributed by atoms with Crippen LogP contribution in [0.3, 0.4) is 0 Å². The molecule has 0 aliphatic carbocycles. The second-order valence-corrected chi connectivity index (χ2v) is 3.53. The van der Waals surface area contributed by atoms with Gasteiger partial charge >= 0.3 is 0 Å². The number of para-hydroxylation sites is 1. The largest absolute Gasteiger partial charge is 0.506 e. The normalized spacial score (nSPS) is 12.8. The molecule has 0 aliphatic heterocycles. The van der Waals surface area contributed by atoms with Gasteiger partial charge in [-0.25, -0.2) is 0 Å². The first-order chi connectivity index (χ1) is 6.15. The lowest BCUT2D eigenvalue weighted by Gasteiger charge is -2.10. The third-order valence-electron chi connectivity index (χ3n) is 2.08. The quantitative estimate of drug-likeness (QED) is 0.785. The van der Waals surface area contributed by atoms with Gasteiger partial charge in [-0.15, -0.1) is 0 Å². The van der Waals surface area contributed by atoms with Gasteiger partial charge in [0.15, 0.2) is 0 Å². The Morgan fingerprint density at radius 2 is 2.23 bits per heavy atom. The summed E-state index contributed by atoms with van der Waals surface area (Å²) in [6, 6.07) is 5.42. The monoisotopic (exact) mass is 199 g/mol. The van der Waals surface area contributed by atoms with Gasteiger partial charge in [-0.2, -0.15) is 0 Å². The zero-order valence-corrected chi connectivity index (χ0v) is 8.38. The van der Waals surface area contributed by atoms with E-state index in [0.29, 0.717) is 11.4 Å². The minimum absolute atomic E-state index is 0.0874. The Bertz CT molecular complexity index is 288. The zero-order valence-electron chi connectivity index (χ0n) is 7.63. The fraction of sp³-hybridized carbons (Fsp3) is 0.400. The highest BCUT2D eigenvalue weighted by atomic mass is 35.5. The summed E-state index contributed by atoms with van der Waals surface area (Å²) in [6.07, 6.45) is 1.56. The van der Waals surface area contributed by atoms with Gasteiger partial charge in [0, 0.05) is 6.04 Å². The minimum atomic E-state index is 0.0874. The van der Waals surface area contributed by atoms with E-state index >= 15 is 0 Å². The molecule has 1 aromatic rings. The lowest BCUT2D eigenvalue weighted by atomic mass is 10.0. The average molecular weight is 200 g/mol. The van der Waals surface area contributed by atoms with Crippen LogP contribution in [-0.4, -0.2) is 11.1 Å². The standard InChI is InChI=1S/C10H14ClNO/c1-2-8(12)6-7-4-3-5-9(11)10(7)13/h3-5,8,13H,2,6,12H2,1H3. The molecule has 1 atom stereocenters. The van der Waals surface area contributed by atoms with Gasteiger partial charge in [-0.3, -0.25) is 0 Å². The van der Waals surface area contributed by atoms with Crippen molar-refractivity contribution in [2.45, 2.75) is 25.8 Å². The van der Waals surface area contributed by atoms with Crippen LogP contribution >= 0.6 is 11.6 Å². The molecule has 0 saturated carbocycles. The fourth-order valence-corrected chi connectivity index (χ4v) is 1.35. The third kappa shape index (κ3) is 2.61. The number of hydrogen-bond acceptors (Lipinski definition) is 2. The van der Waals surface area contributed by atoms with E-state index in [1.165, 1.54) is 0 Å². The number of phenols is 1. The topological polar surface area (TPSA) is 46.2 Å². The summed E-state index contributed by atoms with van der Waals surface area (Å²) in [7, 11) is 0. The Kier molecular flexibility index (Phi) is 3.58. The summed E-state index contributed by atoms with van der Waals surface area (Å²) in [5.41, 5.74) is 6.59. The van der Waals surface area contributed by atoms with Crippen molar-refractivity contribution in [3.8, 4) is 5.75 Å². The van der Waals surface area contributed by atoms with Crippen LogP contribution in [0.4, 0.5) is 0 Å². The van der Waals surface area contributed by atoms with Crippen molar-refractivity contribution in [2.24, 2.45) is 5.73 Å². The molecule has 13 heavy (non-hydrogen) atoms. The van der Waals surface area contributed by atoms with Gasteiger partial charge in [0.1, 0.15) is 5.75 Å². The molecule has 0 spiro atoms. The highest BCUT2D eigenvalue weighted by Gasteiger charge is 2.07. The molecular formula is C10H14ClNO. The number of halogens is 1. The van der Waals surface area contributed by atoms with Crippen LogP contribution in [0.1, 0.15) is 18.9 Å². The molecule has 0 bridgehead atoms. The average Bonchev–Trinajstić information content (AvgIpc) is 2.13. The number of phenolic OH excluding ortho intramolecular Hbond substituents is 1. The molecule has 0 radical (unpaired) electrons. The van der Waals surface area contributed by atoms with Crippen molar-refractivity contribution in [2.75, 3.05) is 0 Å². The predicted octanol–water partition coefficient (Wildman–Crippen LogP) is 2.33. The van der Waals surface area contributed by atoms with Gasteiger partial charge in [0.2, 0.25) is 0 Å². The summed E-state index contributed by atoms with van der Waals surface area (Å²) in [6.45, 7) is 2.02. The number of hydrogen-bond donors (Lipinski definition) is 2. The molecule has 2 nitrogen and oxygen atoms in total. The van der Waals surface area contributed by atoms with Gasteiger partial charge in [-0.1, -0.05) is 30.7 Å². The molecule has 72 valence electrons. The first-order valence-electron chi connectivity index (χ1n) is 4.37. The van der Waals surface area contributed by atoms with Crippen LogP contribution in [0.2, 0.25) is 5.02 Å². The molecule has 1 rings (SSSR count). The van der Waals surface area contributed by atoms with E-state index in [9.17, 15) is 5.11 Å². The van der Waals surface area contributed by atoms with Crippen LogP contribution in [0, 0.1) is 0 Å². The SMILES string of the molecule is CCC(N)Cc1cccc(Cl)c1O. The van der Waals surface area contributed by atoms with Gasteiger partial charge in [-0.05, 0) is 24.5 Å². The van der Waals surface area contributed by atoms with E-state index in [0.717, 1.165) is 12.0 Å². The Hall–Kier alpha value is -0.730. The second-order valence-electron chi connectivity index (χ2n) is 3.12. The smallest absolute Gasteiger partial charge is 0.137 e. The molecule has 1 unspecified atom stereocenters. The maximum Gasteiger partial charge on any atom is 0.137 e. The Morgan fingerprint density at radius 1 is 1.54 bits per heavy atom. The van der Waals surface area contributed by atoms with Crippen molar-refractivity contribution in [3.05, 3.63) is 28.8 Å². The molecule has 0 aromatic heterocycles. The number of benzene rings is 1. The van der Waals surface area contributed by atoms with Crippen molar-refractivity contribution in [3.63, 3.8) is 0 Å². The third-order valence-corrected chi connectivity index (χ3v) is 2.38. The minimum Gasteiger partial charge on any atom is -0.506 e. The van der Waals surface area contributed by atoms with Crippen LogP contribution in [-0.2, 0) is 6.42 Å². The molecule has 3 heteroatoms. The Balaban J connectivity index is 2.83. The van der Waals surface area contributed by atoms with Crippen molar-refractivity contribution < 1.29 is 5.11 Å². The van der Waals surface area contributed by atoms with Crippen LogP contribution in [0.25, 0.3) is 0 Å². The molecule has 0 amide bonds. The Morgan fingerprint density at radius 3 is 2.85 bits per heavy atom. The van der Waals surface area contributed by atoms with E-state index in [1.807, 2.05) is 19.1 Å². The highest BCUT2D eigenvalue weighted by Crippen LogP contribution is 2.27. The molecule has 3 N–H and O–H groups in total. The molecule has 0 aliphatic rings. The molecule has 0 fully saturated rings. The van der Waals surface area contributed by atoms with Gasteiger partial charge < -0.3 is 10.8 Å². The maximum absolute atomic E-state index is 9.55. The van der Waals surface area contributed by atoms with E-state index < -0.39 is 0 Å². The number of rotatable bonds is 3. The molecule has 0 heterocycles. The summed E-state index contributed by atoms with van der Waals surface area (Å²) in [5.74, 6) is 0.160. The lowest BCUT2D eigenvalue weighted by Crippen LogP contribution is -2.21. The van der Waals surface area contributed by atoms with Gasteiger partial charge in [0.25, 0.3) is 0 Å². The van der Waals surface area contributed by atoms with E-state index in [1.54, 1.807) is 6.07 Å². The molecule has 0 saturated heterocycles. The van der Waals surface area contributed by atoms with E-state index in [-0.39, 0.29) is 11.8 Å².